The molecule has 2 rings (SSSR count). The normalized spacial score (nSPS) is 11.2. The lowest BCUT2D eigenvalue weighted by atomic mass is 9.92. The van der Waals surface area contributed by atoms with E-state index in [0.29, 0.717) is 18.9 Å². The summed E-state index contributed by atoms with van der Waals surface area (Å²) < 4.78 is 1.77. The van der Waals surface area contributed by atoms with Gasteiger partial charge in [0.2, 0.25) is 5.91 Å². The summed E-state index contributed by atoms with van der Waals surface area (Å²) in [5.74, 6) is 0.349. The highest BCUT2D eigenvalue weighted by atomic mass is 16.2. The quantitative estimate of drug-likeness (QED) is 0.742. The Balaban J connectivity index is 2.31. The highest BCUT2D eigenvalue weighted by molar-refractivity contribution is 5.94. The van der Waals surface area contributed by atoms with Crippen molar-refractivity contribution in [3.8, 4) is 5.69 Å². The zero-order chi connectivity index (χ0) is 21.6. The summed E-state index contributed by atoms with van der Waals surface area (Å²) in [6.07, 6.45) is 0.778. The van der Waals surface area contributed by atoms with Crippen LogP contribution in [0.3, 0.4) is 0 Å². The number of aromatic nitrogens is 2. The van der Waals surface area contributed by atoms with Gasteiger partial charge in [-0.15, -0.1) is 0 Å². The lowest BCUT2D eigenvalue weighted by Gasteiger charge is -2.21. The summed E-state index contributed by atoms with van der Waals surface area (Å²) in [6.45, 7) is 13.1. The van der Waals surface area contributed by atoms with E-state index < -0.39 is 0 Å². The van der Waals surface area contributed by atoms with Gasteiger partial charge >= 0.3 is 6.03 Å². The van der Waals surface area contributed by atoms with Gasteiger partial charge in [-0.2, -0.15) is 5.10 Å². The summed E-state index contributed by atoms with van der Waals surface area (Å²) in [4.78, 5) is 26.5. The van der Waals surface area contributed by atoms with Crippen LogP contribution in [-0.4, -0.2) is 46.3 Å². The molecule has 29 heavy (non-hydrogen) atoms. The average Bonchev–Trinajstić information content (AvgIpc) is 3.06. The van der Waals surface area contributed by atoms with Gasteiger partial charge in [-0.1, -0.05) is 45.9 Å². The lowest BCUT2D eigenvalue weighted by Crippen LogP contribution is -2.44. The third-order valence-electron chi connectivity index (χ3n) is 4.53. The number of aryl methyl sites for hydroxylation is 1. The number of benzene rings is 1. The molecule has 0 aliphatic carbocycles. The molecule has 1 aromatic heterocycles. The monoisotopic (exact) mass is 399 g/mol. The molecule has 7 heteroatoms. The van der Waals surface area contributed by atoms with E-state index in [9.17, 15) is 9.59 Å². The van der Waals surface area contributed by atoms with Crippen molar-refractivity contribution in [1.29, 1.82) is 0 Å². The smallest absolute Gasteiger partial charge is 0.317 e. The number of nitrogens with zero attached hydrogens (tertiary/aromatic N) is 3. The molecule has 1 aromatic carbocycles. The molecule has 0 radical (unpaired) electrons. The highest BCUT2D eigenvalue weighted by Gasteiger charge is 2.23. The maximum atomic E-state index is 12.8. The van der Waals surface area contributed by atoms with Gasteiger partial charge in [0.15, 0.2) is 0 Å². The minimum absolute atomic E-state index is 0.0104. The van der Waals surface area contributed by atoms with Crippen LogP contribution >= 0.6 is 0 Å². The Bertz CT molecular complexity index is 851. The Morgan fingerprint density at radius 1 is 1.17 bits per heavy atom. The van der Waals surface area contributed by atoms with Crippen LogP contribution in [0.4, 0.5) is 10.6 Å². The van der Waals surface area contributed by atoms with Crippen molar-refractivity contribution in [2.75, 3.05) is 25.0 Å². The standard InChI is InChI=1S/C22H33N5O2/c1-7-13-26(21(29)23-8-2)15-20(28)24-19-14-18(22(4,5)6)25-27(19)17-12-10-9-11-16(17)3/h9-12,14H,7-8,13,15H2,1-6H3,(H,23,29)(H,24,28). The van der Waals surface area contributed by atoms with E-state index in [1.807, 2.05) is 51.1 Å². The maximum absolute atomic E-state index is 12.8. The molecule has 1 heterocycles. The van der Waals surface area contributed by atoms with Crippen LogP contribution in [0.1, 0.15) is 52.3 Å². The number of hydrogen-bond acceptors (Lipinski definition) is 3. The second-order valence-corrected chi connectivity index (χ2v) is 8.17. The van der Waals surface area contributed by atoms with Gasteiger partial charge < -0.3 is 15.5 Å². The zero-order valence-electron chi connectivity index (χ0n) is 18.4. The van der Waals surface area contributed by atoms with Crippen LogP contribution in [0, 0.1) is 6.92 Å². The molecule has 2 aromatic rings. The molecular formula is C22H33N5O2. The number of nitrogens with one attached hydrogen (secondary N) is 2. The van der Waals surface area contributed by atoms with Gasteiger partial charge in [0.05, 0.1) is 11.4 Å². The molecule has 0 unspecified atom stereocenters. The van der Waals surface area contributed by atoms with E-state index in [4.69, 9.17) is 5.10 Å². The molecule has 0 saturated carbocycles. The minimum Gasteiger partial charge on any atom is -0.338 e. The molecule has 0 aliphatic heterocycles. The van der Waals surface area contributed by atoms with Crippen LogP contribution in [0.5, 0.6) is 0 Å². The predicted octanol–water partition coefficient (Wildman–Crippen LogP) is 3.86. The van der Waals surface area contributed by atoms with E-state index in [-0.39, 0.29) is 23.9 Å². The van der Waals surface area contributed by atoms with E-state index in [1.54, 1.807) is 4.68 Å². The second-order valence-electron chi connectivity index (χ2n) is 8.17. The number of urea groups is 1. The first-order valence-electron chi connectivity index (χ1n) is 10.2. The Hall–Kier alpha value is -2.83. The zero-order valence-corrected chi connectivity index (χ0v) is 18.4. The molecule has 0 bridgehead atoms. The number of rotatable bonds is 7. The number of para-hydroxylation sites is 1. The van der Waals surface area contributed by atoms with Crippen molar-refractivity contribution in [3.63, 3.8) is 0 Å². The first-order valence-corrected chi connectivity index (χ1v) is 10.2. The molecule has 0 saturated heterocycles. The molecule has 3 amide bonds. The first-order chi connectivity index (χ1) is 13.7. The predicted molar refractivity (Wildman–Crippen MR) is 117 cm³/mol. The summed E-state index contributed by atoms with van der Waals surface area (Å²) in [5.41, 5.74) is 2.68. The second kappa shape index (κ2) is 9.58. The van der Waals surface area contributed by atoms with Crippen LogP contribution in [0.2, 0.25) is 0 Å². The molecule has 0 spiro atoms. The van der Waals surface area contributed by atoms with E-state index >= 15 is 0 Å². The number of carbonyl (C=O) groups is 2. The minimum atomic E-state index is -0.250. The lowest BCUT2D eigenvalue weighted by molar-refractivity contribution is -0.116. The van der Waals surface area contributed by atoms with Gasteiger partial charge in [-0.3, -0.25) is 4.79 Å². The number of anilines is 1. The number of carbonyl (C=O) groups excluding carboxylic acids is 2. The van der Waals surface area contributed by atoms with Crippen molar-refractivity contribution in [3.05, 3.63) is 41.6 Å². The van der Waals surface area contributed by atoms with Crippen molar-refractivity contribution < 1.29 is 9.59 Å². The van der Waals surface area contributed by atoms with E-state index in [2.05, 4.69) is 31.4 Å². The fourth-order valence-corrected chi connectivity index (χ4v) is 2.96. The molecule has 2 N–H and O–H groups in total. The molecular weight excluding hydrogens is 366 g/mol. The SMILES string of the molecule is CCCN(CC(=O)Nc1cc(C(C)(C)C)nn1-c1ccccc1C)C(=O)NCC. The van der Waals surface area contributed by atoms with E-state index in [0.717, 1.165) is 23.4 Å². The third kappa shape index (κ3) is 5.82. The van der Waals surface area contributed by atoms with Crippen molar-refractivity contribution in [2.45, 2.75) is 53.4 Å². The average molecular weight is 400 g/mol. The summed E-state index contributed by atoms with van der Waals surface area (Å²) in [5, 5.41) is 10.5. The van der Waals surface area contributed by atoms with Crippen LogP contribution in [0.25, 0.3) is 5.69 Å². The largest absolute Gasteiger partial charge is 0.338 e. The Morgan fingerprint density at radius 2 is 1.86 bits per heavy atom. The maximum Gasteiger partial charge on any atom is 0.317 e. The van der Waals surface area contributed by atoms with Crippen molar-refractivity contribution >= 4 is 17.8 Å². The van der Waals surface area contributed by atoms with Gasteiger partial charge in [0.1, 0.15) is 12.4 Å². The molecule has 0 fully saturated rings. The van der Waals surface area contributed by atoms with Crippen molar-refractivity contribution in [2.24, 2.45) is 0 Å². The highest BCUT2D eigenvalue weighted by Crippen LogP contribution is 2.27. The third-order valence-corrected chi connectivity index (χ3v) is 4.53. The topological polar surface area (TPSA) is 79.3 Å². The Kier molecular flexibility index (Phi) is 7.42. The molecule has 158 valence electrons. The summed E-state index contributed by atoms with van der Waals surface area (Å²) in [7, 11) is 0. The van der Waals surface area contributed by atoms with Gasteiger partial charge in [-0.25, -0.2) is 9.48 Å². The van der Waals surface area contributed by atoms with Crippen molar-refractivity contribution in [1.82, 2.24) is 20.0 Å². The van der Waals surface area contributed by atoms with Crippen LogP contribution < -0.4 is 10.6 Å². The van der Waals surface area contributed by atoms with Crippen LogP contribution in [0.15, 0.2) is 30.3 Å². The van der Waals surface area contributed by atoms with Gasteiger partial charge in [0.25, 0.3) is 0 Å². The number of amides is 3. The fraction of sp³-hybridized carbons (Fsp3) is 0.500. The summed E-state index contributed by atoms with van der Waals surface area (Å²) >= 11 is 0. The van der Waals surface area contributed by atoms with Crippen LogP contribution in [-0.2, 0) is 10.2 Å². The van der Waals surface area contributed by atoms with Gasteiger partial charge in [0, 0.05) is 24.6 Å². The molecule has 0 aliphatic rings. The first kappa shape index (κ1) is 22.5. The van der Waals surface area contributed by atoms with E-state index in [1.165, 1.54) is 4.90 Å². The number of hydrogen-bond donors (Lipinski definition) is 2. The summed E-state index contributed by atoms with van der Waals surface area (Å²) in [6, 6.07) is 9.58. The molecule has 0 atom stereocenters. The fourth-order valence-electron chi connectivity index (χ4n) is 2.96. The Labute approximate surface area is 173 Å². The van der Waals surface area contributed by atoms with Gasteiger partial charge in [-0.05, 0) is 31.9 Å². The Morgan fingerprint density at radius 3 is 2.45 bits per heavy atom. The molecule has 7 nitrogen and oxygen atoms in total.